The van der Waals surface area contributed by atoms with Crippen molar-refractivity contribution in [3.63, 3.8) is 0 Å². The van der Waals surface area contributed by atoms with E-state index >= 15 is 0 Å². The molecule has 0 amide bonds. The van der Waals surface area contributed by atoms with Crippen molar-refractivity contribution >= 4 is 11.4 Å². The van der Waals surface area contributed by atoms with Gasteiger partial charge in [0.1, 0.15) is 0 Å². The molecule has 1 aromatic carbocycles. The summed E-state index contributed by atoms with van der Waals surface area (Å²) in [5.41, 5.74) is 10.5. The molecule has 0 spiro atoms. The maximum atomic E-state index is 2.72. The van der Waals surface area contributed by atoms with E-state index in [0.29, 0.717) is 0 Å². The maximum Gasteiger partial charge on any atom is 0.0438 e. The van der Waals surface area contributed by atoms with E-state index in [4.69, 9.17) is 0 Å². The minimum atomic E-state index is 1.31. The lowest BCUT2D eigenvalue weighted by molar-refractivity contribution is 0.591. The highest BCUT2D eigenvalue weighted by atomic mass is 15.2. The fourth-order valence-corrected chi connectivity index (χ4v) is 5.23. The standard InChI is InChI=1S/C18H24N2/c1-5-13-14-6-3-11-20-12-4-8-16(18(14)20)15-7-2-10-19(9-1)17(13)15/h1-12H2. The average molecular weight is 268 g/mol. The fourth-order valence-electron chi connectivity index (χ4n) is 5.23. The maximum absolute atomic E-state index is 2.72. The van der Waals surface area contributed by atoms with Gasteiger partial charge in [0, 0.05) is 37.6 Å². The lowest BCUT2D eigenvalue weighted by Gasteiger charge is -2.45. The second kappa shape index (κ2) is 4.16. The van der Waals surface area contributed by atoms with Crippen molar-refractivity contribution in [2.75, 3.05) is 36.0 Å². The highest BCUT2D eigenvalue weighted by molar-refractivity contribution is 5.78. The predicted octanol–water partition coefficient (Wildman–Crippen LogP) is 3.08. The molecule has 0 radical (unpaired) electrons. The normalized spacial score (nSPS) is 23.4. The first-order chi connectivity index (χ1) is 9.93. The Morgan fingerprint density at radius 1 is 0.450 bits per heavy atom. The van der Waals surface area contributed by atoms with E-state index in [2.05, 4.69) is 9.80 Å². The van der Waals surface area contributed by atoms with Gasteiger partial charge in [0.25, 0.3) is 0 Å². The number of fused-ring (bicyclic) bond motifs is 2. The molecule has 0 atom stereocenters. The summed E-state index contributed by atoms with van der Waals surface area (Å²) in [6.07, 6.45) is 10.9. The van der Waals surface area contributed by atoms with E-state index in [9.17, 15) is 0 Å². The number of anilines is 2. The minimum absolute atomic E-state index is 1.31. The van der Waals surface area contributed by atoms with Gasteiger partial charge in [-0.1, -0.05) is 0 Å². The molecule has 0 N–H and O–H groups in total. The van der Waals surface area contributed by atoms with Gasteiger partial charge in [-0.25, -0.2) is 0 Å². The first-order valence-corrected chi connectivity index (χ1v) is 8.63. The first-order valence-electron chi connectivity index (χ1n) is 8.63. The van der Waals surface area contributed by atoms with Crippen LogP contribution in [0.2, 0.25) is 0 Å². The quantitative estimate of drug-likeness (QED) is 0.713. The number of benzene rings is 1. The molecule has 20 heavy (non-hydrogen) atoms. The summed E-state index contributed by atoms with van der Waals surface area (Å²) in [4.78, 5) is 5.45. The van der Waals surface area contributed by atoms with Gasteiger partial charge in [0.05, 0.1) is 0 Å². The van der Waals surface area contributed by atoms with Crippen LogP contribution in [-0.2, 0) is 25.7 Å². The Labute approximate surface area is 121 Å². The third-order valence-electron chi connectivity index (χ3n) is 5.92. The largest absolute Gasteiger partial charge is 0.371 e. The molecule has 4 aliphatic heterocycles. The highest BCUT2D eigenvalue weighted by Crippen LogP contribution is 2.48. The van der Waals surface area contributed by atoms with Crippen molar-refractivity contribution in [1.29, 1.82) is 0 Å². The number of nitrogens with zero attached hydrogens (tertiary/aromatic N) is 2. The molecular formula is C18H24N2. The van der Waals surface area contributed by atoms with Gasteiger partial charge in [-0.15, -0.1) is 0 Å². The fraction of sp³-hybridized carbons (Fsp3) is 0.667. The molecular weight excluding hydrogens is 244 g/mol. The molecule has 4 aliphatic rings. The monoisotopic (exact) mass is 268 g/mol. The molecule has 0 aromatic heterocycles. The molecule has 5 rings (SSSR count). The lowest BCUT2D eigenvalue weighted by atomic mass is 9.79. The van der Waals surface area contributed by atoms with E-state index in [0.717, 1.165) is 0 Å². The van der Waals surface area contributed by atoms with Gasteiger partial charge < -0.3 is 9.80 Å². The Bertz CT molecular complexity index is 479. The van der Waals surface area contributed by atoms with Crippen LogP contribution in [-0.4, -0.2) is 26.2 Å². The van der Waals surface area contributed by atoms with Crippen LogP contribution in [0.4, 0.5) is 11.4 Å². The molecule has 0 unspecified atom stereocenters. The zero-order chi connectivity index (χ0) is 13.1. The first kappa shape index (κ1) is 11.5. The van der Waals surface area contributed by atoms with Crippen molar-refractivity contribution in [3.05, 3.63) is 22.3 Å². The Kier molecular flexibility index (Phi) is 2.39. The van der Waals surface area contributed by atoms with Crippen LogP contribution < -0.4 is 9.80 Å². The van der Waals surface area contributed by atoms with Gasteiger partial charge >= 0.3 is 0 Å². The molecule has 2 nitrogen and oxygen atoms in total. The van der Waals surface area contributed by atoms with E-state index in [1.165, 1.54) is 77.5 Å². The van der Waals surface area contributed by atoms with Crippen molar-refractivity contribution in [2.45, 2.75) is 51.4 Å². The number of hydrogen-bond acceptors (Lipinski definition) is 2. The van der Waals surface area contributed by atoms with Gasteiger partial charge in [-0.2, -0.15) is 0 Å². The van der Waals surface area contributed by atoms with Crippen molar-refractivity contribution in [3.8, 4) is 0 Å². The number of rotatable bonds is 0. The molecule has 0 saturated heterocycles. The Morgan fingerprint density at radius 3 is 1.05 bits per heavy atom. The van der Waals surface area contributed by atoms with Crippen LogP contribution in [0.5, 0.6) is 0 Å². The van der Waals surface area contributed by atoms with Gasteiger partial charge in [-0.3, -0.25) is 0 Å². The zero-order valence-electron chi connectivity index (χ0n) is 12.4. The second-order valence-electron chi connectivity index (χ2n) is 7.00. The van der Waals surface area contributed by atoms with Gasteiger partial charge in [0.15, 0.2) is 0 Å². The zero-order valence-corrected chi connectivity index (χ0v) is 12.4. The van der Waals surface area contributed by atoms with E-state index < -0.39 is 0 Å². The average Bonchev–Trinajstić information content (AvgIpc) is 2.52. The van der Waals surface area contributed by atoms with Crippen molar-refractivity contribution in [1.82, 2.24) is 0 Å². The summed E-state index contributed by atoms with van der Waals surface area (Å²) in [6.45, 7) is 5.23. The van der Waals surface area contributed by atoms with Crippen LogP contribution in [0.25, 0.3) is 0 Å². The highest BCUT2D eigenvalue weighted by Gasteiger charge is 2.34. The third-order valence-corrected chi connectivity index (χ3v) is 5.92. The van der Waals surface area contributed by atoms with Crippen molar-refractivity contribution < 1.29 is 0 Å². The second-order valence-corrected chi connectivity index (χ2v) is 7.00. The van der Waals surface area contributed by atoms with E-state index in [1.54, 1.807) is 33.6 Å². The van der Waals surface area contributed by atoms with Crippen LogP contribution in [0.3, 0.4) is 0 Å². The van der Waals surface area contributed by atoms with Gasteiger partial charge in [-0.05, 0) is 73.6 Å². The summed E-state index contributed by atoms with van der Waals surface area (Å²) in [5.74, 6) is 0. The SMILES string of the molecule is C1Cc2c3c4c(c5c2N(C1)CCC5)CCCN4CCC3. The van der Waals surface area contributed by atoms with E-state index in [-0.39, 0.29) is 0 Å². The summed E-state index contributed by atoms with van der Waals surface area (Å²) < 4.78 is 0. The minimum Gasteiger partial charge on any atom is -0.371 e. The van der Waals surface area contributed by atoms with Crippen molar-refractivity contribution in [2.24, 2.45) is 0 Å². The molecule has 4 heterocycles. The summed E-state index contributed by atoms with van der Waals surface area (Å²) in [7, 11) is 0. The molecule has 106 valence electrons. The Balaban J connectivity index is 1.84. The van der Waals surface area contributed by atoms with Crippen LogP contribution >= 0.6 is 0 Å². The Hall–Kier alpha value is -1.18. The van der Waals surface area contributed by atoms with E-state index in [1.807, 2.05) is 0 Å². The van der Waals surface area contributed by atoms with Gasteiger partial charge in [0.2, 0.25) is 0 Å². The molecule has 0 saturated carbocycles. The predicted molar refractivity (Wildman–Crippen MR) is 84.2 cm³/mol. The third kappa shape index (κ3) is 1.40. The van der Waals surface area contributed by atoms with Crippen LogP contribution in [0, 0.1) is 0 Å². The van der Waals surface area contributed by atoms with Crippen LogP contribution in [0.1, 0.15) is 47.9 Å². The lowest BCUT2D eigenvalue weighted by Crippen LogP contribution is -2.40. The summed E-state index contributed by atoms with van der Waals surface area (Å²) >= 11 is 0. The summed E-state index contributed by atoms with van der Waals surface area (Å²) in [6, 6.07) is 0. The van der Waals surface area contributed by atoms with Crippen LogP contribution in [0.15, 0.2) is 0 Å². The Morgan fingerprint density at radius 2 is 0.750 bits per heavy atom. The number of hydrogen-bond donors (Lipinski definition) is 0. The molecule has 0 fully saturated rings. The molecule has 1 aromatic rings. The molecule has 0 bridgehead atoms. The molecule has 0 aliphatic carbocycles. The topological polar surface area (TPSA) is 6.48 Å². The molecule has 2 heteroatoms. The smallest absolute Gasteiger partial charge is 0.0438 e. The summed E-state index contributed by atoms with van der Waals surface area (Å²) in [5, 5.41) is 0.